The maximum Gasteiger partial charge on any atom is 0.247 e. The summed E-state index contributed by atoms with van der Waals surface area (Å²) >= 11 is 0. The molecule has 2 aliphatic heterocycles. The van der Waals surface area contributed by atoms with Gasteiger partial charge in [0.2, 0.25) is 6.71 Å². The Labute approximate surface area is 349 Å². The molecular formula is C54H62BN3. The van der Waals surface area contributed by atoms with E-state index in [-0.39, 0.29) is 33.8 Å². The maximum atomic E-state index is 2.69. The molecule has 4 heteroatoms. The number of para-hydroxylation sites is 1. The van der Waals surface area contributed by atoms with Crippen molar-refractivity contribution in [2.45, 2.75) is 124 Å². The van der Waals surface area contributed by atoms with Crippen LogP contribution in [-0.2, 0) is 21.7 Å². The standard InChI is InChI=1S/C54H62BN3/c1-33-19-20-36(23-33)57(35-17-15-14-16-18-35)38-27-47-49-48(28-38)58(37-21-22-39-40(26-37)52(7,8)31-51(39,5)6)46-30-42-41(53(9,10)32-54(42,11)12)29-44(46)55(49)43-24-34(50(2,3)4)25-45(43)56(47)13/h14-23,25-30,33H,24,31-32H2,1-13H3. The van der Waals surface area contributed by atoms with E-state index in [0.29, 0.717) is 5.92 Å². The third-order valence-electron chi connectivity index (χ3n) is 14.9. The first kappa shape index (κ1) is 37.6. The monoisotopic (exact) mass is 764 g/mol. The average Bonchev–Trinajstić information content (AvgIpc) is 3.87. The van der Waals surface area contributed by atoms with Gasteiger partial charge in [0.15, 0.2) is 0 Å². The molecule has 4 aromatic rings. The van der Waals surface area contributed by atoms with Crippen molar-refractivity contribution in [2.75, 3.05) is 21.7 Å². The van der Waals surface area contributed by atoms with Crippen molar-refractivity contribution in [3.05, 3.63) is 142 Å². The number of nitrogens with zero attached hydrogens (tertiary/aromatic N) is 3. The first-order valence-electron chi connectivity index (χ1n) is 21.9. The highest BCUT2D eigenvalue weighted by molar-refractivity contribution is 6.95. The Kier molecular flexibility index (Phi) is 7.74. The molecule has 3 nitrogen and oxygen atoms in total. The van der Waals surface area contributed by atoms with Crippen LogP contribution in [0.4, 0.5) is 34.1 Å². The summed E-state index contributed by atoms with van der Waals surface area (Å²) in [6.45, 7) is 29.3. The smallest absolute Gasteiger partial charge is 0.247 e. The number of benzene rings is 4. The van der Waals surface area contributed by atoms with E-state index in [1.165, 1.54) is 84.3 Å². The minimum Gasteiger partial charge on any atom is -0.346 e. The van der Waals surface area contributed by atoms with E-state index in [9.17, 15) is 0 Å². The van der Waals surface area contributed by atoms with Crippen LogP contribution in [0.5, 0.6) is 0 Å². The second-order valence-corrected chi connectivity index (χ2v) is 22.3. The summed E-state index contributed by atoms with van der Waals surface area (Å²) in [7, 11) is 2.32. The van der Waals surface area contributed by atoms with Gasteiger partial charge in [-0.3, -0.25) is 0 Å². The molecule has 1 unspecified atom stereocenters. The van der Waals surface area contributed by atoms with E-state index in [4.69, 9.17) is 0 Å². The molecular weight excluding hydrogens is 701 g/mol. The number of hydrogen-bond acceptors (Lipinski definition) is 3. The third-order valence-corrected chi connectivity index (χ3v) is 14.9. The van der Waals surface area contributed by atoms with E-state index in [1.807, 2.05) is 0 Å². The van der Waals surface area contributed by atoms with Gasteiger partial charge in [0.25, 0.3) is 0 Å². The van der Waals surface area contributed by atoms with Crippen LogP contribution in [0.1, 0.15) is 125 Å². The lowest BCUT2D eigenvalue weighted by Crippen LogP contribution is -2.56. The molecule has 296 valence electrons. The molecule has 10 rings (SSSR count). The van der Waals surface area contributed by atoms with E-state index < -0.39 is 0 Å². The van der Waals surface area contributed by atoms with Gasteiger partial charge in [-0.25, -0.2) is 0 Å². The molecule has 0 fully saturated rings. The highest BCUT2D eigenvalue weighted by Crippen LogP contribution is 2.56. The van der Waals surface area contributed by atoms with Crippen molar-refractivity contribution in [3.63, 3.8) is 0 Å². The number of hydrogen-bond donors (Lipinski definition) is 0. The van der Waals surface area contributed by atoms with Crippen molar-refractivity contribution in [1.29, 1.82) is 0 Å². The van der Waals surface area contributed by atoms with Crippen LogP contribution in [0.25, 0.3) is 0 Å². The Morgan fingerprint density at radius 2 is 1.31 bits per heavy atom. The summed E-state index contributed by atoms with van der Waals surface area (Å²) in [5.41, 5.74) is 22.7. The minimum atomic E-state index is 0.0738. The number of fused-ring (bicyclic) bond motifs is 5. The molecule has 6 aliphatic rings. The predicted octanol–water partition coefficient (Wildman–Crippen LogP) is 12.8. The van der Waals surface area contributed by atoms with Crippen LogP contribution < -0.4 is 25.6 Å². The first-order valence-corrected chi connectivity index (χ1v) is 21.9. The van der Waals surface area contributed by atoms with Gasteiger partial charge in [-0.05, 0) is 140 Å². The molecule has 0 saturated heterocycles. The molecule has 0 bridgehead atoms. The molecule has 58 heavy (non-hydrogen) atoms. The molecule has 0 amide bonds. The zero-order chi connectivity index (χ0) is 41.1. The Hall–Kier alpha value is -4.70. The lowest BCUT2D eigenvalue weighted by atomic mass is 9.32. The Morgan fingerprint density at radius 1 is 0.690 bits per heavy atom. The van der Waals surface area contributed by atoms with Gasteiger partial charge >= 0.3 is 0 Å². The van der Waals surface area contributed by atoms with Crippen LogP contribution in [0.3, 0.4) is 0 Å². The Morgan fingerprint density at radius 3 is 1.95 bits per heavy atom. The van der Waals surface area contributed by atoms with Gasteiger partial charge in [-0.1, -0.05) is 137 Å². The van der Waals surface area contributed by atoms with Crippen molar-refractivity contribution >= 4 is 51.8 Å². The van der Waals surface area contributed by atoms with Gasteiger partial charge in [-0.2, -0.15) is 0 Å². The SMILES string of the molecule is CC1C=CC(N(c2ccccc2)c2cc3c4c(c2)N(c2ccc5c(c2)C(C)(C)CC5(C)C)c2cc5c(cc2B4C2=C(C=C(C(C)(C)C)C2)N3C)C(C)(C)CC5(C)C)=C1. The second-order valence-electron chi connectivity index (χ2n) is 22.3. The quantitative estimate of drug-likeness (QED) is 0.192. The lowest BCUT2D eigenvalue weighted by Gasteiger charge is -2.44. The van der Waals surface area contributed by atoms with Crippen molar-refractivity contribution in [1.82, 2.24) is 0 Å². The number of allylic oxidation sites excluding steroid dienone is 6. The van der Waals surface area contributed by atoms with Crippen molar-refractivity contribution < 1.29 is 0 Å². The van der Waals surface area contributed by atoms with E-state index in [0.717, 1.165) is 19.3 Å². The second kappa shape index (κ2) is 12.0. The number of likely N-dealkylation sites (N-methyl/N-ethyl adjacent to an activating group) is 1. The Bertz CT molecular complexity index is 2570. The molecule has 1 atom stereocenters. The summed E-state index contributed by atoms with van der Waals surface area (Å²) in [5.74, 6) is 0.383. The fraction of sp³-hybridized carbons (Fsp3) is 0.407. The lowest BCUT2D eigenvalue weighted by molar-refractivity contribution is 0.403. The molecule has 0 saturated carbocycles. The van der Waals surface area contributed by atoms with Crippen molar-refractivity contribution in [3.8, 4) is 0 Å². The zero-order valence-electron chi connectivity index (χ0n) is 37.4. The summed E-state index contributed by atoms with van der Waals surface area (Å²) in [4.78, 5) is 7.72. The van der Waals surface area contributed by atoms with Crippen LogP contribution in [0.15, 0.2) is 120 Å². The number of anilines is 6. The molecule has 4 aliphatic carbocycles. The summed E-state index contributed by atoms with van der Waals surface area (Å²) in [6.07, 6.45) is 12.9. The van der Waals surface area contributed by atoms with Crippen LogP contribution in [-0.4, -0.2) is 13.8 Å². The third kappa shape index (κ3) is 5.38. The Balaban J connectivity index is 1.31. The molecule has 0 N–H and O–H groups in total. The van der Waals surface area contributed by atoms with Gasteiger partial charge in [-0.15, -0.1) is 0 Å². The van der Waals surface area contributed by atoms with Gasteiger partial charge in [0.05, 0.1) is 5.69 Å². The van der Waals surface area contributed by atoms with Gasteiger partial charge in [0, 0.05) is 46.9 Å². The van der Waals surface area contributed by atoms with Gasteiger partial charge in [0.1, 0.15) is 0 Å². The first-order chi connectivity index (χ1) is 27.2. The number of rotatable bonds is 4. The molecule has 2 heterocycles. The van der Waals surface area contributed by atoms with Crippen LogP contribution >= 0.6 is 0 Å². The molecule has 0 spiro atoms. The normalized spacial score (nSPS) is 22.4. The molecule has 0 aromatic heterocycles. The van der Waals surface area contributed by atoms with E-state index in [1.54, 1.807) is 5.47 Å². The molecule has 4 aromatic carbocycles. The summed E-state index contributed by atoms with van der Waals surface area (Å²) in [6, 6.07) is 28.8. The molecule has 0 radical (unpaired) electrons. The summed E-state index contributed by atoms with van der Waals surface area (Å²) < 4.78 is 0. The van der Waals surface area contributed by atoms with Crippen LogP contribution in [0.2, 0.25) is 0 Å². The highest BCUT2D eigenvalue weighted by Gasteiger charge is 2.50. The van der Waals surface area contributed by atoms with E-state index in [2.05, 4.69) is 202 Å². The topological polar surface area (TPSA) is 9.72 Å². The fourth-order valence-electron chi connectivity index (χ4n) is 12.6. The summed E-state index contributed by atoms with van der Waals surface area (Å²) in [5, 5.41) is 0. The fourth-order valence-corrected chi connectivity index (χ4v) is 12.6. The minimum absolute atomic E-state index is 0.0738. The predicted molar refractivity (Wildman–Crippen MR) is 250 cm³/mol. The highest BCUT2D eigenvalue weighted by atomic mass is 15.2. The van der Waals surface area contributed by atoms with Gasteiger partial charge < -0.3 is 14.7 Å². The van der Waals surface area contributed by atoms with Crippen molar-refractivity contribution in [2.24, 2.45) is 11.3 Å². The largest absolute Gasteiger partial charge is 0.346 e. The average molecular weight is 764 g/mol. The zero-order valence-corrected chi connectivity index (χ0v) is 37.4. The van der Waals surface area contributed by atoms with E-state index >= 15 is 0 Å². The van der Waals surface area contributed by atoms with Crippen LogP contribution in [0, 0.1) is 11.3 Å². The maximum absolute atomic E-state index is 2.69.